The Kier molecular flexibility index (Phi) is 4.62. The Morgan fingerprint density at radius 1 is 1.20 bits per heavy atom. The van der Waals surface area contributed by atoms with Gasteiger partial charge in [-0.2, -0.15) is 10.2 Å². The highest BCUT2D eigenvalue weighted by molar-refractivity contribution is 5.82. The number of nitrogens with zero attached hydrogens (tertiary/aromatic N) is 7. The van der Waals surface area contributed by atoms with Crippen molar-refractivity contribution in [3.63, 3.8) is 0 Å². The van der Waals surface area contributed by atoms with E-state index in [1.807, 2.05) is 43.6 Å². The van der Waals surface area contributed by atoms with Crippen LogP contribution in [0.25, 0.3) is 22.2 Å². The fraction of sp³-hybridized carbons (Fsp3) is 0.286. The summed E-state index contributed by atoms with van der Waals surface area (Å²) in [6.07, 6.45) is 8.12. The number of carbonyl (C=O) groups is 1. The third-order valence-corrected chi connectivity index (χ3v) is 5.32. The maximum atomic E-state index is 12.6. The molecular formula is C21H22N8O. The third kappa shape index (κ3) is 3.61. The number of nitrogens with one attached hydrogen (secondary N) is 1. The molecule has 5 rings (SSSR count). The molecule has 3 aromatic heterocycles. The van der Waals surface area contributed by atoms with Crippen molar-refractivity contribution in [3.8, 4) is 11.3 Å². The summed E-state index contributed by atoms with van der Waals surface area (Å²) in [7, 11) is 1.88. The van der Waals surface area contributed by atoms with Crippen LogP contribution in [0.5, 0.6) is 0 Å². The molecule has 9 nitrogen and oxygen atoms in total. The van der Waals surface area contributed by atoms with E-state index in [4.69, 9.17) is 0 Å². The number of hydrogen-bond acceptors (Lipinski definition) is 6. The normalized spacial score (nSPS) is 16.3. The summed E-state index contributed by atoms with van der Waals surface area (Å²) in [5.74, 6) is 0.631. The van der Waals surface area contributed by atoms with Gasteiger partial charge in [-0.15, -0.1) is 0 Å². The Balaban J connectivity index is 1.22. The van der Waals surface area contributed by atoms with E-state index in [1.165, 1.54) is 0 Å². The number of carbonyl (C=O) groups excluding carboxylic acids is 1. The SMILES string of the molecule is Cn1cc(-c2ccnc(N3CCC(NC(=O)Cn4ncc5ccccc54)C3)n2)cn1. The van der Waals surface area contributed by atoms with Crippen LogP contribution in [0.3, 0.4) is 0 Å². The Morgan fingerprint density at radius 2 is 2.10 bits per heavy atom. The molecule has 1 amide bonds. The van der Waals surface area contributed by atoms with E-state index in [1.54, 1.807) is 28.0 Å². The van der Waals surface area contributed by atoms with Gasteiger partial charge in [-0.3, -0.25) is 14.2 Å². The van der Waals surface area contributed by atoms with Gasteiger partial charge in [0.25, 0.3) is 0 Å². The molecule has 0 saturated carbocycles. The lowest BCUT2D eigenvalue weighted by Gasteiger charge is -2.17. The first kappa shape index (κ1) is 18.3. The quantitative estimate of drug-likeness (QED) is 0.545. The minimum Gasteiger partial charge on any atom is -0.350 e. The Morgan fingerprint density at radius 3 is 2.97 bits per heavy atom. The molecule has 4 aromatic rings. The predicted molar refractivity (Wildman–Crippen MR) is 113 cm³/mol. The predicted octanol–water partition coefficient (Wildman–Crippen LogP) is 1.62. The molecule has 1 unspecified atom stereocenters. The highest BCUT2D eigenvalue weighted by Gasteiger charge is 2.26. The molecule has 0 aliphatic carbocycles. The summed E-state index contributed by atoms with van der Waals surface area (Å²) >= 11 is 0. The van der Waals surface area contributed by atoms with E-state index < -0.39 is 0 Å². The second-order valence-corrected chi connectivity index (χ2v) is 7.50. The second-order valence-electron chi connectivity index (χ2n) is 7.50. The van der Waals surface area contributed by atoms with Gasteiger partial charge in [-0.1, -0.05) is 18.2 Å². The van der Waals surface area contributed by atoms with E-state index in [2.05, 4.69) is 30.4 Å². The van der Waals surface area contributed by atoms with E-state index >= 15 is 0 Å². The number of anilines is 1. The molecule has 1 aromatic carbocycles. The molecule has 0 spiro atoms. The monoisotopic (exact) mass is 402 g/mol. The van der Waals surface area contributed by atoms with Crippen LogP contribution in [-0.4, -0.2) is 54.6 Å². The lowest BCUT2D eigenvalue weighted by atomic mass is 10.2. The molecule has 30 heavy (non-hydrogen) atoms. The lowest BCUT2D eigenvalue weighted by molar-refractivity contribution is -0.122. The van der Waals surface area contributed by atoms with Gasteiger partial charge in [0.15, 0.2) is 0 Å². The fourth-order valence-electron chi connectivity index (χ4n) is 3.84. The van der Waals surface area contributed by atoms with Gasteiger partial charge in [0.1, 0.15) is 6.54 Å². The van der Waals surface area contributed by atoms with Crippen LogP contribution in [0.4, 0.5) is 5.95 Å². The Bertz CT molecular complexity index is 1200. The van der Waals surface area contributed by atoms with E-state index in [0.717, 1.165) is 35.1 Å². The van der Waals surface area contributed by atoms with Crippen molar-refractivity contribution in [1.82, 2.24) is 34.8 Å². The molecule has 1 aliphatic rings. The molecule has 0 bridgehead atoms. The molecule has 0 radical (unpaired) electrons. The first-order valence-electron chi connectivity index (χ1n) is 9.92. The Labute approximate surface area is 173 Å². The molecule has 1 saturated heterocycles. The van der Waals surface area contributed by atoms with Crippen LogP contribution in [0.1, 0.15) is 6.42 Å². The number of rotatable bonds is 5. The van der Waals surface area contributed by atoms with E-state index in [-0.39, 0.29) is 18.5 Å². The van der Waals surface area contributed by atoms with Crippen LogP contribution in [0.15, 0.2) is 55.1 Å². The number of fused-ring (bicyclic) bond motifs is 1. The van der Waals surface area contributed by atoms with Crippen molar-refractivity contribution in [1.29, 1.82) is 0 Å². The summed E-state index contributed by atoms with van der Waals surface area (Å²) in [6, 6.07) is 9.82. The minimum absolute atomic E-state index is 0.0410. The molecular weight excluding hydrogens is 380 g/mol. The lowest BCUT2D eigenvalue weighted by Crippen LogP contribution is -2.39. The molecule has 9 heteroatoms. The summed E-state index contributed by atoms with van der Waals surface area (Å²) in [5, 5.41) is 12.7. The Hall–Kier alpha value is -3.75. The summed E-state index contributed by atoms with van der Waals surface area (Å²) < 4.78 is 3.49. The average molecular weight is 402 g/mol. The summed E-state index contributed by atoms with van der Waals surface area (Å²) in [5.41, 5.74) is 2.75. The number of para-hydroxylation sites is 1. The highest BCUT2D eigenvalue weighted by Crippen LogP contribution is 2.21. The average Bonchev–Trinajstić information content (AvgIpc) is 3.49. The molecule has 1 fully saturated rings. The zero-order valence-corrected chi connectivity index (χ0v) is 16.6. The number of amides is 1. The molecule has 152 valence electrons. The van der Waals surface area contributed by atoms with E-state index in [0.29, 0.717) is 12.5 Å². The molecule has 1 atom stereocenters. The number of aryl methyl sites for hydroxylation is 1. The smallest absolute Gasteiger partial charge is 0.242 e. The van der Waals surface area contributed by atoms with Crippen LogP contribution in [0.2, 0.25) is 0 Å². The first-order chi connectivity index (χ1) is 14.7. The van der Waals surface area contributed by atoms with Crippen LogP contribution < -0.4 is 10.2 Å². The van der Waals surface area contributed by atoms with Gasteiger partial charge in [0, 0.05) is 49.5 Å². The van der Waals surface area contributed by atoms with Gasteiger partial charge in [-0.05, 0) is 18.6 Å². The van der Waals surface area contributed by atoms with Crippen LogP contribution in [0, 0.1) is 0 Å². The van der Waals surface area contributed by atoms with Gasteiger partial charge in [0.05, 0.1) is 23.6 Å². The van der Waals surface area contributed by atoms with Crippen molar-refractivity contribution in [2.24, 2.45) is 7.05 Å². The number of aromatic nitrogens is 6. The second kappa shape index (κ2) is 7.58. The minimum atomic E-state index is -0.0410. The number of hydrogen-bond donors (Lipinski definition) is 1. The van der Waals surface area contributed by atoms with Gasteiger partial charge in [0.2, 0.25) is 11.9 Å². The van der Waals surface area contributed by atoms with Crippen molar-refractivity contribution in [3.05, 3.63) is 55.1 Å². The van der Waals surface area contributed by atoms with E-state index in [9.17, 15) is 4.79 Å². The summed E-state index contributed by atoms with van der Waals surface area (Å²) in [4.78, 5) is 23.8. The standard InChI is InChI=1S/C21H22N8O/c1-27-12-16(11-23-27)18-6-8-22-21(26-18)28-9-7-17(13-28)25-20(30)14-29-19-5-3-2-4-15(19)10-24-29/h2-6,8,10-12,17H,7,9,13-14H2,1H3,(H,25,30). The topological polar surface area (TPSA) is 93.8 Å². The zero-order chi connectivity index (χ0) is 20.5. The van der Waals surface area contributed by atoms with Crippen molar-refractivity contribution in [2.45, 2.75) is 19.0 Å². The van der Waals surface area contributed by atoms with Gasteiger partial charge in [-0.25, -0.2) is 9.97 Å². The van der Waals surface area contributed by atoms with Crippen molar-refractivity contribution >= 4 is 22.8 Å². The van der Waals surface area contributed by atoms with Gasteiger partial charge >= 0.3 is 0 Å². The first-order valence-corrected chi connectivity index (χ1v) is 9.92. The van der Waals surface area contributed by atoms with Crippen LogP contribution >= 0.6 is 0 Å². The maximum Gasteiger partial charge on any atom is 0.242 e. The van der Waals surface area contributed by atoms with Crippen molar-refractivity contribution in [2.75, 3.05) is 18.0 Å². The van der Waals surface area contributed by atoms with Crippen LogP contribution in [-0.2, 0) is 18.4 Å². The largest absolute Gasteiger partial charge is 0.350 e. The molecule has 4 heterocycles. The highest BCUT2D eigenvalue weighted by atomic mass is 16.2. The molecule has 1 aliphatic heterocycles. The summed E-state index contributed by atoms with van der Waals surface area (Å²) in [6.45, 7) is 1.69. The maximum absolute atomic E-state index is 12.6. The number of benzene rings is 1. The fourth-order valence-corrected chi connectivity index (χ4v) is 3.84. The van der Waals surface area contributed by atoms with Crippen molar-refractivity contribution < 1.29 is 4.79 Å². The molecule has 1 N–H and O–H groups in total. The zero-order valence-electron chi connectivity index (χ0n) is 16.6. The van der Waals surface area contributed by atoms with Gasteiger partial charge < -0.3 is 10.2 Å². The third-order valence-electron chi connectivity index (χ3n) is 5.32.